The second kappa shape index (κ2) is 16.6. The van der Waals surface area contributed by atoms with Crippen molar-refractivity contribution in [2.75, 3.05) is 72.0 Å². The van der Waals surface area contributed by atoms with Crippen LogP contribution in [-0.2, 0) is 6.54 Å². The van der Waals surface area contributed by atoms with Crippen LogP contribution in [0.15, 0.2) is 24.4 Å². The Balaban J connectivity index is 1.72. The molecule has 2 N–H and O–H groups in total. The quantitative estimate of drug-likeness (QED) is 0.626. The highest BCUT2D eigenvalue weighted by Crippen LogP contribution is 2.05. The summed E-state index contributed by atoms with van der Waals surface area (Å²) >= 11 is 0. The Bertz CT molecular complexity index is 524. The molecule has 1 aliphatic rings. The summed E-state index contributed by atoms with van der Waals surface area (Å²) in [4.78, 5) is 12.3. The van der Waals surface area contributed by atoms with E-state index in [4.69, 9.17) is 0 Å². The Hall–Kier alpha value is -1.05. The lowest BCUT2D eigenvalue weighted by Gasteiger charge is -2.29. The lowest BCUT2D eigenvalue weighted by molar-refractivity contribution is 0.189. The third kappa shape index (κ3) is 11.4. The van der Waals surface area contributed by atoms with Crippen LogP contribution in [-0.4, -0.2) is 97.7 Å². The molecule has 2 heterocycles. The minimum atomic E-state index is 0.701. The summed E-state index contributed by atoms with van der Waals surface area (Å²) in [7, 11) is 0. The van der Waals surface area contributed by atoms with Crippen molar-refractivity contribution in [3.05, 3.63) is 30.1 Å². The fourth-order valence-electron chi connectivity index (χ4n) is 4.35. The number of nitrogens with zero attached hydrogens (tertiary/aromatic N) is 4. The van der Waals surface area contributed by atoms with Crippen LogP contribution in [0.25, 0.3) is 0 Å². The van der Waals surface area contributed by atoms with Gasteiger partial charge in [0.05, 0.1) is 5.69 Å². The van der Waals surface area contributed by atoms with Gasteiger partial charge in [-0.15, -0.1) is 0 Å². The standard InChI is InChI=1S/C25H48N6/c1-4-24(3)31(5-2)20-10-19-29-17-8-12-27-16-22-30(18-9-13-26-15-21-29)23-25-11-6-7-14-28-25/h6-7,11,14,24,26-27H,4-5,8-10,12-13,15-23H2,1-3H3. The molecule has 178 valence electrons. The van der Waals surface area contributed by atoms with Gasteiger partial charge in [0.25, 0.3) is 0 Å². The van der Waals surface area contributed by atoms with Crippen molar-refractivity contribution in [2.45, 2.75) is 59.0 Å². The molecule has 0 aliphatic carbocycles. The maximum Gasteiger partial charge on any atom is 0.0543 e. The fourth-order valence-corrected chi connectivity index (χ4v) is 4.35. The molecule has 0 bridgehead atoms. The third-order valence-corrected chi connectivity index (χ3v) is 6.52. The van der Waals surface area contributed by atoms with Gasteiger partial charge >= 0.3 is 0 Å². The number of hydrogen-bond donors (Lipinski definition) is 2. The molecule has 1 aromatic rings. The van der Waals surface area contributed by atoms with Gasteiger partial charge in [0.2, 0.25) is 0 Å². The molecule has 1 atom stereocenters. The van der Waals surface area contributed by atoms with E-state index in [1.54, 1.807) is 0 Å². The van der Waals surface area contributed by atoms with Crippen LogP contribution in [0.5, 0.6) is 0 Å². The van der Waals surface area contributed by atoms with Crippen molar-refractivity contribution >= 4 is 0 Å². The van der Waals surface area contributed by atoms with Crippen LogP contribution >= 0.6 is 0 Å². The molecule has 0 aromatic carbocycles. The zero-order valence-corrected chi connectivity index (χ0v) is 20.5. The minimum absolute atomic E-state index is 0.701. The predicted molar refractivity (Wildman–Crippen MR) is 133 cm³/mol. The fraction of sp³-hybridized carbons (Fsp3) is 0.800. The Morgan fingerprint density at radius 1 is 0.968 bits per heavy atom. The van der Waals surface area contributed by atoms with Crippen LogP contribution in [0.4, 0.5) is 0 Å². The van der Waals surface area contributed by atoms with E-state index in [-0.39, 0.29) is 0 Å². The summed E-state index contributed by atoms with van der Waals surface area (Å²) in [6, 6.07) is 6.91. The van der Waals surface area contributed by atoms with Gasteiger partial charge in [0.15, 0.2) is 0 Å². The van der Waals surface area contributed by atoms with Crippen LogP contribution in [0.3, 0.4) is 0 Å². The normalized spacial score (nSPS) is 19.9. The predicted octanol–water partition coefficient (Wildman–Crippen LogP) is 2.67. The molecule has 31 heavy (non-hydrogen) atoms. The maximum atomic E-state index is 4.51. The van der Waals surface area contributed by atoms with Gasteiger partial charge in [0, 0.05) is 45.0 Å². The zero-order valence-electron chi connectivity index (χ0n) is 20.5. The number of pyridine rings is 1. The molecule has 1 aliphatic heterocycles. The van der Waals surface area contributed by atoms with Gasteiger partial charge in [-0.25, -0.2) is 0 Å². The first-order valence-corrected chi connectivity index (χ1v) is 12.7. The Morgan fingerprint density at radius 3 is 2.32 bits per heavy atom. The molecule has 2 rings (SSSR count). The van der Waals surface area contributed by atoms with Crippen LogP contribution in [0.1, 0.15) is 52.1 Å². The number of rotatable bonds is 9. The van der Waals surface area contributed by atoms with E-state index < -0.39 is 0 Å². The van der Waals surface area contributed by atoms with Crippen LogP contribution in [0, 0.1) is 0 Å². The van der Waals surface area contributed by atoms with Crippen molar-refractivity contribution in [1.29, 1.82) is 0 Å². The van der Waals surface area contributed by atoms with E-state index in [1.165, 1.54) is 51.0 Å². The minimum Gasteiger partial charge on any atom is -0.315 e. The van der Waals surface area contributed by atoms with Gasteiger partial charge in [0.1, 0.15) is 0 Å². The molecule has 6 heteroatoms. The largest absolute Gasteiger partial charge is 0.315 e. The first-order valence-electron chi connectivity index (χ1n) is 12.7. The van der Waals surface area contributed by atoms with E-state index >= 15 is 0 Å². The highest BCUT2D eigenvalue weighted by atomic mass is 15.2. The van der Waals surface area contributed by atoms with Gasteiger partial charge in [-0.3, -0.25) is 9.88 Å². The van der Waals surface area contributed by atoms with Crippen molar-refractivity contribution in [3.8, 4) is 0 Å². The van der Waals surface area contributed by atoms with E-state index in [9.17, 15) is 0 Å². The average Bonchev–Trinajstić information content (AvgIpc) is 2.80. The van der Waals surface area contributed by atoms with E-state index in [0.717, 1.165) is 58.9 Å². The molecule has 0 spiro atoms. The van der Waals surface area contributed by atoms with Crippen LogP contribution in [0.2, 0.25) is 0 Å². The number of aromatic nitrogens is 1. The molecule has 1 fully saturated rings. The van der Waals surface area contributed by atoms with Gasteiger partial charge < -0.3 is 20.4 Å². The lowest BCUT2D eigenvalue weighted by Crippen LogP contribution is -2.39. The Labute approximate surface area is 191 Å². The van der Waals surface area contributed by atoms with Crippen molar-refractivity contribution in [1.82, 2.24) is 30.3 Å². The monoisotopic (exact) mass is 432 g/mol. The SMILES string of the molecule is CCC(C)N(CC)CCCN1CCCNCCN(Cc2ccccn2)CCCNCC1. The molecule has 1 saturated heterocycles. The summed E-state index contributed by atoms with van der Waals surface area (Å²) < 4.78 is 0. The second-order valence-electron chi connectivity index (χ2n) is 8.89. The molecule has 0 saturated carbocycles. The summed E-state index contributed by atoms with van der Waals surface area (Å²) in [6.07, 6.45) is 6.83. The second-order valence-corrected chi connectivity index (χ2v) is 8.89. The molecular formula is C25H48N6. The highest BCUT2D eigenvalue weighted by molar-refractivity contribution is 5.03. The zero-order chi connectivity index (χ0) is 22.2. The number of hydrogen-bond acceptors (Lipinski definition) is 6. The summed E-state index contributed by atoms with van der Waals surface area (Å²) in [5.74, 6) is 0. The highest BCUT2D eigenvalue weighted by Gasteiger charge is 2.12. The molecule has 6 nitrogen and oxygen atoms in total. The first-order chi connectivity index (χ1) is 15.2. The molecular weight excluding hydrogens is 384 g/mol. The molecule has 1 unspecified atom stereocenters. The molecule has 0 amide bonds. The Kier molecular flexibility index (Phi) is 14.0. The van der Waals surface area contributed by atoms with E-state index in [2.05, 4.69) is 63.2 Å². The average molecular weight is 433 g/mol. The third-order valence-electron chi connectivity index (χ3n) is 6.52. The van der Waals surface area contributed by atoms with Gasteiger partial charge in [-0.1, -0.05) is 19.9 Å². The van der Waals surface area contributed by atoms with E-state index in [0.29, 0.717) is 6.04 Å². The van der Waals surface area contributed by atoms with E-state index in [1.807, 2.05) is 12.3 Å². The smallest absolute Gasteiger partial charge is 0.0543 e. The van der Waals surface area contributed by atoms with Gasteiger partial charge in [-0.05, 0) is 90.6 Å². The summed E-state index contributed by atoms with van der Waals surface area (Å²) in [5.41, 5.74) is 1.17. The molecule has 0 radical (unpaired) electrons. The van der Waals surface area contributed by atoms with Crippen molar-refractivity contribution in [3.63, 3.8) is 0 Å². The summed E-state index contributed by atoms with van der Waals surface area (Å²) in [5, 5.41) is 7.35. The molecule has 1 aromatic heterocycles. The first kappa shape index (κ1) is 26.2. The van der Waals surface area contributed by atoms with Crippen LogP contribution < -0.4 is 10.6 Å². The van der Waals surface area contributed by atoms with Gasteiger partial charge in [-0.2, -0.15) is 0 Å². The lowest BCUT2D eigenvalue weighted by atomic mass is 10.2. The maximum absolute atomic E-state index is 4.51. The number of nitrogens with one attached hydrogen (secondary N) is 2. The Morgan fingerprint density at radius 2 is 1.68 bits per heavy atom. The van der Waals surface area contributed by atoms with Crippen molar-refractivity contribution < 1.29 is 0 Å². The topological polar surface area (TPSA) is 46.7 Å². The van der Waals surface area contributed by atoms with Crippen molar-refractivity contribution in [2.24, 2.45) is 0 Å². The summed E-state index contributed by atoms with van der Waals surface area (Å²) in [6.45, 7) is 20.4.